The van der Waals surface area contributed by atoms with Gasteiger partial charge in [0.25, 0.3) is 0 Å². The Bertz CT molecular complexity index is 1610. The Balaban J connectivity index is 4.39. The van der Waals surface area contributed by atoms with Crippen LogP contribution in [0.15, 0.2) is 97.2 Å². The molecule has 0 aromatic carbocycles. The van der Waals surface area contributed by atoms with Crippen molar-refractivity contribution in [1.82, 2.24) is 0 Å². The lowest BCUT2D eigenvalue weighted by Crippen LogP contribution is -2.30. The number of hydrogen-bond donors (Lipinski definition) is 0. The minimum atomic E-state index is -0.789. The molecule has 478 valence electrons. The fraction of sp³-hybridized carbons (Fsp3) is 0.753. The van der Waals surface area contributed by atoms with Crippen molar-refractivity contribution in [1.29, 1.82) is 0 Å². The second-order valence-corrected chi connectivity index (χ2v) is 23.8. The van der Waals surface area contributed by atoms with Gasteiger partial charge in [-0.2, -0.15) is 0 Å². The maximum Gasteiger partial charge on any atom is 0.306 e. The number of unbranched alkanes of at least 4 members (excludes halogenated alkanes) is 38. The molecule has 0 radical (unpaired) electrons. The first-order valence-electron chi connectivity index (χ1n) is 35.7. The molecule has 0 fully saturated rings. The van der Waals surface area contributed by atoms with Crippen molar-refractivity contribution >= 4 is 17.9 Å². The molecule has 0 bridgehead atoms. The van der Waals surface area contributed by atoms with Crippen LogP contribution in [0.1, 0.15) is 355 Å². The van der Waals surface area contributed by atoms with E-state index < -0.39 is 6.10 Å². The molecular weight excluding hydrogens is 1020 g/mol. The summed E-state index contributed by atoms with van der Waals surface area (Å²) in [6, 6.07) is 0. The van der Waals surface area contributed by atoms with E-state index in [0.29, 0.717) is 19.3 Å². The number of allylic oxidation sites excluding steroid dienone is 16. The van der Waals surface area contributed by atoms with Gasteiger partial charge in [0.05, 0.1) is 0 Å². The molecule has 0 N–H and O–H groups in total. The van der Waals surface area contributed by atoms with Crippen LogP contribution in [-0.4, -0.2) is 37.2 Å². The number of carbonyl (C=O) groups excluding carboxylic acids is 3. The number of hydrogen-bond acceptors (Lipinski definition) is 6. The third-order valence-corrected chi connectivity index (χ3v) is 15.6. The Hall–Kier alpha value is -3.67. The van der Waals surface area contributed by atoms with Gasteiger partial charge in [0.2, 0.25) is 0 Å². The van der Waals surface area contributed by atoms with E-state index in [1.54, 1.807) is 0 Å². The molecule has 6 heteroatoms. The van der Waals surface area contributed by atoms with Crippen LogP contribution < -0.4 is 0 Å². The summed E-state index contributed by atoms with van der Waals surface area (Å²) in [6.07, 6.45) is 95.7. The highest BCUT2D eigenvalue weighted by Gasteiger charge is 2.19. The highest BCUT2D eigenvalue weighted by molar-refractivity contribution is 5.71. The van der Waals surface area contributed by atoms with E-state index in [1.807, 2.05) is 0 Å². The molecule has 0 aromatic heterocycles. The predicted octanol–water partition coefficient (Wildman–Crippen LogP) is 24.8. The van der Waals surface area contributed by atoms with Gasteiger partial charge in [0.15, 0.2) is 6.10 Å². The molecule has 6 nitrogen and oxygen atoms in total. The van der Waals surface area contributed by atoms with E-state index in [1.165, 1.54) is 193 Å². The quantitative estimate of drug-likeness (QED) is 0.0261. The zero-order valence-electron chi connectivity index (χ0n) is 54.9. The van der Waals surface area contributed by atoms with Crippen LogP contribution >= 0.6 is 0 Å². The summed E-state index contributed by atoms with van der Waals surface area (Å²) in [5.41, 5.74) is 0. The normalized spacial score (nSPS) is 12.7. The molecule has 1 unspecified atom stereocenters. The Morgan fingerprint density at radius 2 is 0.470 bits per heavy atom. The van der Waals surface area contributed by atoms with Crippen molar-refractivity contribution < 1.29 is 28.6 Å². The summed E-state index contributed by atoms with van der Waals surface area (Å²) >= 11 is 0. The van der Waals surface area contributed by atoms with Crippen molar-refractivity contribution in [2.45, 2.75) is 361 Å². The molecule has 0 amide bonds. The summed E-state index contributed by atoms with van der Waals surface area (Å²) in [4.78, 5) is 38.5. The molecule has 0 aliphatic heterocycles. The van der Waals surface area contributed by atoms with E-state index in [9.17, 15) is 14.4 Å². The SMILES string of the molecule is CC/C=C\C/C=C\C/C=C\C/C=C\C/C=C\C/C=C\CCCCCCCCC(=O)OCC(COC(=O)CCCCCCCCC/C=C\C/C=C\CCCCCC)OC(=O)CCCCCCCCCCCCCCCCCCCCCCCC. The Morgan fingerprint density at radius 1 is 0.253 bits per heavy atom. The monoisotopic (exact) mass is 1160 g/mol. The molecule has 0 heterocycles. The van der Waals surface area contributed by atoms with Crippen molar-refractivity contribution in [2.24, 2.45) is 0 Å². The minimum Gasteiger partial charge on any atom is -0.462 e. The summed E-state index contributed by atoms with van der Waals surface area (Å²) in [7, 11) is 0. The third kappa shape index (κ3) is 69.0. The van der Waals surface area contributed by atoms with E-state index >= 15 is 0 Å². The van der Waals surface area contributed by atoms with E-state index in [4.69, 9.17) is 14.2 Å². The summed E-state index contributed by atoms with van der Waals surface area (Å²) in [5, 5.41) is 0. The fourth-order valence-corrected chi connectivity index (χ4v) is 10.2. The third-order valence-electron chi connectivity index (χ3n) is 15.6. The van der Waals surface area contributed by atoms with Gasteiger partial charge in [0, 0.05) is 19.3 Å². The maximum absolute atomic E-state index is 13.0. The van der Waals surface area contributed by atoms with E-state index in [-0.39, 0.29) is 31.1 Å². The van der Waals surface area contributed by atoms with Crippen molar-refractivity contribution in [3.63, 3.8) is 0 Å². The van der Waals surface area contributed by atoms with Crippen molar-refractivity contribution in [2.75, 3.05) is 13.2 Å². The lowest BCUT2D eigenvalue weighted by Gasteiger charge is -2.18. The predicted molar refractivity (Wildman–Crippen MR) is 362 cm³/mol. The van der Waals surface area contributed by atoms with Crippen molar-refractivity contribution in [3.8, 4) is 0 Å². The van der Waals surface area contributed by atoms with Gasteiger partial charge < -0.3 is 14.2 Å². The first-order chi connectivity index (χ1) is 41.0. The van der Waals surface area contributed by atoms with Crippen LogP contribution in [0, 0.1) is 0 Å². The zero-order chi connectivity index (χ0) is 59.9. The number of carbonyl (C=O) groups is 3. The standard InChI is InChI=1S/C77H134O6/c1-4-7-10-13-16-19-22-25-28-31-34-36-38-39-40-42-43-46-49-52-55-58-61-64-67-70-76(79)82-73-74(72-81-75(78)69-66-63-60-57-54-51-48-45-33-30-27-24-21-18-15-12-9-6-3)83-77(80)71-68-65-62-59-56-53-50-47-44-41-37-35-32-29-26-23-20-17-14-11-8-5-2/h7,10,16,19,21,24-25,28,30,33-34,36,39-40,43,46,74H,4-6,8-9,11-15,17-18,20,22-23,26-27,29,31-32,35,37-38,41-42,44-45,47-73H2,1-3H3/b10-7-,19-16-,24-21-,28-25-,33-30-,36-34-,40-39-,46-43-. The van der Waals surface area contributed by atoms with Crippen LogP contribution in [0.2, 0.25) is 0 Å². The van der Waals surface area contributed by atoms with Gasteiger partial charge in [-0.15, -0.1) is 0 Å². The Labute approximate surface area is 515 Å². The summed E-state index contributed by atoms with van der Waals surface area (Å²) in [6.45, 7) is 6.54. The molecule has 0 saturated heterocycles. The second-order valence-electron chi connectivity index (χ2n) is 23.8. The lowest BCUT2D eigenvalue weighted by molar-refractivity contribution is -0.167. The van der Waals surface area contributed by atoms with Gasteiger partial charge in [0.1, 0.15) is 13.2 Å². The van der Waals surface area contributed by atoms with E-state index in [0.717, 1.165) is 122 Å². The first-order valence-corrected chi connectivity index (χ1v) is 35.7. The van der Waals surface area contributed by atoms with Gasteiger partial charge in [-0.1, -0.05) is 330 Å². The maximum atomic E-state index is 13.0. The summed E-state index contributed by atoms with van der Waals surface area (Å²) in [5.74, 6) is -0.887. The molecule has 0 saturated carbocycles. The summed E-state index contributed by atoms with van der Waals surface area (Å²) < 4.78 is 17.0. The molecule has 83 heavy (non-hydrogen) atoms. The average molecular weight is 1160 g/mol. The van der Waals surface area contributed by atoms with Gasteiger partial charge in [-0.3, -0.25) is 14.4 Å². The van der Waals surface area contributed by atoms with Crippen LogP contribution in [-0.2, 0) is 28.6 Å². The molecule has 0 aliphatic rings. The molecule has 0 rings (SSSR count). The smallest absolute Gasteiger partial charge is 0.306 e. The molecule has 0 aliphatic carbocycles. The highest BCUT2D eigenvalue weighted by Crippen LogP contribution is 2.18. The molecule has 1 atom stereocenters. The highest BCUT2D eigenvalue weighted by atomic mass is 16.6. The number of ether oxygens (including phenoxy) is 3. The van der Waals surface area contributed by atoms with Crippen LogP contribution in [0.3, 0.4) is 0 Å². The van der Waals surface area contributed by atoms with Gasteiger partial charge >= 0.3 is 17.9 Å². The molecule has 0 spiro atoms. The van der Waals surface area contributed by atoms with Crippen LogP contribution in [0.25, 0.3) is 0 Å². The van der Waals surface area contributed by atoms with Crippen LogP contribution in [0.4, 0.5) is 0 Å². The lowest BCUT2D eigenvalue weighted by atomic mass is 10.0. The van der Waals surface area contributed by atoms with E-state index in [2.05, 4.69) is 118 Å². The van der Waals surface area contributed by atoms with Crippen molar-refractivity contribution in [3.05, 3.63) is 97.2 Å². The number of rotatable bonds is 65. The average Bonchev–Trinajstić information content (AvgIpc) is 3.50. The minimum absolute atomic E-state index is 0.0838. The Morgan fingerprint density at radius 3 is 0.747 bits per heavy atom. The topological polar surface area (TPSA) is 78.9 Å². The van der Waals surface area contributed by atoms with Gasteiger partial charge in [-0.05, 0) is 103 Å². The second kappa shape index (κ2) is 70.8. The Kier molecular flexibility index (Phi) is 67.7. The van der Waals surface area contributed by atoms with Crippen LogP contribution in [0.5, 0.6) is 0 Å². The van der Waals surface area contributed by atoms with Gasteiger partial charge in [-0.25, -0.2) is 0 Å². The first kappa shape index (κ1) is 79.3. The molecule has 0 aromatic rings. The fourth-order valence-electron chi connectivity index (χ4n) is 10.2. The zero-order valence-corrected chi connectivity index (χ0v) is 54.9. The number of esters is 3. The molecular formula is C77H134O6. The largest absolute Gasteiger partial charge is 0.462 e.